The molecule has 0 radical (unpaired) electrons. The minimum absolute atomic E-state index is 0.0358. The monoisotopic (exact) mass is 353 g/mol. The van der Waals surface area contributed by atoms with Crippen molar-refractivity contribution in [3.05, 3.63) is 57.4 Å². The summed E-state index contributed by atoms with van der Waals surface area (Å²) in [5.41, 5.74) is 2.56. The second kappa shape index (κ2) is 6.55. The lowest BCUT2D eigenvalue weighted by molar-refractivity contribution is -0.385. The highest BCUT2D eigenvalue weighted by atomic mass is 16.6. The highest BCUT2D eigenvalue weighted by Crippen LogP contribution is 2.24. The van der Waals surface area contributed by atoms with Crippen molar-refractivity contribution in [3.8, 4) is 0 Å². The Labute approximate surface area is 150 Å². The molecular weight excluding hydrogens is 334 g/mol. The number of nitrogens with one attached hydrogen (secondary N) is 1. The Balaban J connectivity index is 1.94. The molecule has 8 nitrogen and oxygen atoms in total. The molecule has 0 fully saturated rings. The fourth-order valence-corrected chi connectivity index (χ4v) is 2.76. The summed E-state index contributed by atoms with van der Waals surface area (Å²) in [6, 6.07) is 6.49. The molecular formula is C18H19N5O3. The van der Waals surface area contributed by atoms with E-state index >= 15 is 0 Å². The maximum absolute atomic E-state index is 12.6. The zero-order valence-corrected chi connectivity index (χ0v) is 15.0. The van der Waals surface area contributed by atoms with Crippen molar-refractivity contribution >= 4 is 28.3 Å². The van der Waals surface area contributed by atoms with Crippen molar-refractivity contribution in [2.75, 3.05) is 5.32 Å². The minimum Gasteiger partial charge on any atom is -0.322 e. The lowest BCUT2D eigenvalue weighted by Gasteiger charge is -2.10. The summed E-state index contributed by atoms with van der Waals surface area (Å²) in [6.45, 7) is 7.42. The maximum Gasteiger partial charge on any atom is 0.274 e. The predicted octanol–water partition coefficient (Wildman–Crippen LogP) is 3.79. The summed E-state index contributed by atoms with van der Waals surface area (Å²) >= 11 is 0. The molecule has 0 saturated carbocycles. The molecule has 0 atom stereocenters. The fraction of sp³-hybridized carbons (Fsp3) is 0.278. The van der Waals surface area contributed by atoms with E-state index < -0.39 is 4.92 Å². The van der Waals surface area contributed by atoms with Gasteiger partial charge in [-0.1, -0.05) is 6.07 Å². The average Bonchev–Trinajstić information content (AvgIpc) is 2.98. The van der Waals surface area contributed by atoms with Crippen molar-refractivity contribution in [2.45, 2.75) is 33.7 Å². The number of amides is 1. The summed E-state index contributed by atoms with van der Waals surface area (Å²) in [6.07, 6.45) is 1.68. The van der Waals surface area contributed by atoms with Gasteiger partial charge in [0.2, 0.25) is 0 Å². The van der Waals surface area contributed by atoms with Gasteiger partial charge in [-0.25, -0.2) is 9.67 Å². The van der Waals surface area contributed by atoms with Crippen LogP contribution in [-0.4, -0.2) is 25.6 Å². The van der Waals surface area contributed by atoms with Gasteiger partial charge in [0.1, 0.15) is 0 Å². The van der Waals surface area contributed by atoms with E-state index in [1.165, 1.54) is 6.07 Å². The Morgan fingerprint density at radius 2 is 2.00 bits per heavy atom. The smallest absolute Gasteiger partial charge is 0.274 e. The lowest BCUT2D eigenvalue weighted by atomic mass is 10.1. The average molecular weight is 353 g/mol. The van der Waals surface area contributed by atoms with Gasteiger partial charge in [0, 0.05) is 28.7 Å². The van der Waals surface area contributed by atoms with Crippen LogP contribution in [0, 0.1) is 24.0 Å². The first-order chi connectivity index (χ1) is 12.3. The van der Waals surface area contributed by atoms with Crippen LogP contribution in [0.4, 0.5) is 11.4 Å². The third-order valence-electron chi connectivity index (χ3n) is 4.16. The molecule has 0 aliphatic heterocycles. The first kappa shape index (κ1) is 17.5. The molecule has 0 unspecified atom stereocenters. The highest BCUT2D eigenvalue weighted by Gasteiger charge is 2.17. The van der Waals surface area contributed by atoms with Crippen LogP contribution in [0.15, 0.2) is 30.5 Å². The number of aryl methyl sites for hydroxylation is 2. The van der Waals surface area contributed by atoms with Crippen LogP contribution < -0.4 is 5.32 Å². The number of pyridine rings is 1. The molecule has 134 valence electrons. The van der Waals surface area contributed by atoms with Gasteiger partial charge in [-0.2, -0.15) is 5.10 Å². The van der Waals surface area contributed by atoms with Gasteiger partial charge in [-0.05, 0) is 39.8 Å². The first-order valence-electron chi connectivity index (χ1n) is 8.19. The van der Waals surface area contributed by atoms with Crippen LogP contribution in [0.3, 0.4) is 0 Å². The van der Waals surface area contributed by atoms with E-state index in [1.807, 2.05) is 13.8 Å². The maximum atomic E-state index is 12.6. The van der Waals surface area contributed by atoms with Crippen molar-refractivity contribution in [1.29, 1.82) is 0 Å². The number of nitro groups is 1. The number of hydrogen-bond donors (Lipinski definition) is 1. The lowest BCUT2D eigenvalue weighted by Crippen LogP contribution is -2.15. The minimum atomic E-state index is -0.468. The van der Waals surface area contributed by atoms with Gasteiger partial charge in [-0.15, -0.1) is 0 Å². The molecule has 3 rings (SSSR count). The standard InChI is InChI=1S/C18H19N5O3/c1-10(2)22-17-13(9-19-22)7-15(12(4)20-17)18(24)21-14-6-5-11(3)16(8-14)23(25)26/h5-10H,1-4H3,(H,21,24). The molecule has 2 heterocycles. The van der Waals surface area contributed by atoms with E-state index in [0.717, 1.165) is 11.0 Å². The van der Waals surface area contributed by atoms with Crippen LogP contribution in [0.1, 0.15) is 41.5 Å². The third-order valence-corrected chi connectivity index (χ3v) is 4.16. The molecule has 0 saturated heterocycles. The van der Waals surface area contributed by atoms with Gasteiger partial charge >= 0.3 is 0 Å². The van der Waals surface area contributed by atoms with Crippen molar-refractivity contribution in [3.63, 3.8) is 0 Å². The quantitative estimate of drug-likeness (QED) is 0.568. The van der Waals surface area contributed by atoms with Crippen LogP contribution in [0.25, 0.3) is 11.0 Å². The highest BCUT2D eigenvalue weighted by molar-refractivity contribution is 6.06. The Morgan fingerprint density at radius 3 is 2.65 bits per heavy atom. The first-order valence-corrected chi connectivity index (χ1v) is 8.19. The molecule has 1 aromatic carbocycles. The molecule has 3 aromatic rings. The van der Waals surface area contributed by atoms with Gasteiger partial charge < -0.3 is 5.32 Å². The zero-order chi connectivity index (χ0) is 19.0. The molecule has 8 heteroatoms. The Bertz CT molecular complexity index is 1020. The third kappa shape index (κ3) is 3.13. The summed E-state index contributed by atoms with van der Waals surface area (Å²) in [5, 5.41) is 18.8. The number of nitro benzene ring substituents is 1. The van der Waals surface area contributed by atoms with Crippen molar-refractivity contribution in [2.24, 2.45) is 0 Å². The van der Waals surface area contributed by atoms with Crippen molar-refractivity contribution in [1.82, 2.24) is 14.8 Å². The summed E-state index contributed by atoms with van der Waals surface area (Å²) in [7, 11) is 0. The van der Waals surface area contributed by atoms with Crippen molar-refractivity contribution < 1.29 is 9.72 Å². The van der Waals surface area contributed by atoms with E-state index in [4.69, 9.17) is 0 Å². The molecule has 1 amide bonds. The second-order valence-corrected chi connectivity index (χ2v) is 6.43. The molecule has 2 aromatic heterocycles. The molecule has 1 N–H and O–H groups in total. The normalized spacial score (nSPS) is 11.1. The predicted molar refractivity (Wildman–Crippen MR) is 98.4 cm³/mol. The van der Waals surface area contributed by atoms with Gasteiger partial charge in [0.15, 0.2) is 5.65 Å². The van der Waals surface area contributed by atoms with E-state index in [0.29, 0.717) is 22.5 Å². The number of aromatic nitrogens is 3. The number of benzene rings is 1. The van der Waals surface area contributed by atoms with Crippen LogP contribution in [0.5, 0.6) is 0 Å². The van der Waals surface area contributed by atoms with Crippen LogP contribution >= 0.6 is 0 Å². The summed E-state index contributed by atoms with van der Waals surface area (Å²) < 4.78 is 1.80. The molecule has 0 aliphatic carbocycles. The Hall–Kier alpha value is -3.29. The zero-order valence-electron chi connectivity index (χ0n) is 15.0. The van der Waals surface area contributed by atoms with Crippen LogP contribution in [-0.2, 0) is 0 Å². The summed E-state index contributed by atoms with van der Waals surface area (Å²) in [5.74, 6) is -0.368. The van der Waals surface area contributed by atoms with Gasteiger partial charge in [0.25, 0.3) is 11.6 Å². The van der Waals surface area contributed by atoms with Gasteiger partial charge in [0.05, 0.1) is 22.4 Å². The van der Waals surface area contributed by atoms with Gasteiger partial charge in [-0.3, -0.25) is 14.9 Å². The topological polar surface area (TPSA) is 103 Å². The number of nitrogens with zero attached hydrogens (tertiary/aromatic N) is 4. The SMILES string of the molecule is Cc1ccc(NC(=O)c2cc3cnn(C(C)C)c3nc2C)cc1[N+](=O)[O-]. The Morgan fingerprint density at radius 1 is 1.27 bits per heavy atom. The largest absolute Gasteiger partial charge is 0.322 e. The second-order valence-electron chi connectivity index (χ2n) is 6.43. The van der Waals surface area contributed by atoms with E-state index in [2.05, 4.69) is 15.4 Å². The fourth-order valence-electron chi connectivity index (χ4n) is 2.76. The number of carbonyl (C=O) groups excluding carboxylic acids is 1. The molecule has 0 spiro atoms. The summed E-state index contributed by atoms with van der Waals surface area (Å²) in [4.78, 5) is 27.7. The van der Waals surface area contributed by atoms with E-state index in [-0.39, 0.29) is 17.6 Å². The molecule has 0 aliphatic rings. The number of anilines is 1. The molecule has 0 bridgehead atoms. The number of fused-ring (bicyclic) bond motifs is 1. The number of carbonyl (C=O) groups is 1. The van der Waals surface area contributed by atoms with E-state index in [9.17, 15) is 14.9 Å². The number of hydrogen-bond acceptors (Lipinski definition) is 5. The molecule has 26 heavy (non-hydrogen) atoms. The van der Waals surface area contributed by atoms with E-state index in [1.54, 1.807) is 42.9 Å². The Kier molecular flexibility index (Phi) is 4.41. The van der Waals surface area contributed by atoms with Crippen LogP contribution in [0.2, 0.25) is 0 Å². The number of rotatable bonds is 4.